The van der Waals surface area contributed by atoms with Gasteiger partial charge in [0.1, 0.15) is 11.6 Å². The van der Waals surface area contributed by atoms with E-state index in [1.807, 2.05) is 36.4 Å². The number of aryl methyl sites for hydroxylation is 1. The number of hydrogen-bond donors (Lipinski definition) is 1. The Balaban J connectivity index is 0.00000161. The van der Waals surface area contributed by atoms with Gasteiger partial charge in [0.05, 0.1) is 12.8 Å². The Kier molecular flexibility index (Phi) is 4.34. The standard InChI is InChI=1S/C17H16N2O.ClH/c1-11-7-8-13-12(9-11)10-15(19-17(13)18)14-5-3-4-6-16(14)20-2;/h3-10H,1-2H3,(H2,18,19);1H. The number of aromatic nitrogens is 1. The van der Waals surface area contributed by atoms with Crippen LogP contribution < -0.4 is 10.5 Å². The van der Waals surface area contributed by atoms with Crippen LogP contribution in [0.4, 0.5) is 5.82 Å². The Morgan fingerprint density at radius 1 is 1.05 bits per heavy atom. The lowest BCUT2D eigenvalue weighted by Crippen LogP contribution is -1.96. The van der Waals surface area contributed by atoms with Crippen LogP contribution in [0.25, 0.3) is 22.0 Å². The fourth-order valence-electron chi connectivity index (χ4n) is 2.40. The molecule has 0 amide bonds. The van der Waals surface area contributed by atoms with Crippen LogP contribution in [-0.2, 0) is 0 Å². The van der Waals surface area contributed by atoms with E-state index in [-0.39, 0.29) is 12.4 Å². The molecule has 0 fully saturated rings. The lowest BCUT2D eigenvalue weighted by atomic mass is 10.0. The van der Waals surface area contributed by atoms with Crippen molar-refractivity contribution in [2.75, 3.05) is 12.8 Å². The first-order valence-electron chi connectivity index (χ1n) is 6.49. The number of methoxy groups -OCH3 is 1. The summed E-state index contributed by atoms with van der Waals surface area (Å²) in [5.41, 5.74) is 9.07. The van der Waals surface area contributed by atoms with E-state index in [0.29, 0.717) is 5.82 Å². The van der Waals surface area contributed by atoms with Crippen molar-refractivity contribution < 1.29 is 4.74 Å². The van der Waals surface area contributed by atoms with E-state index >= 15 is 0 Å². The van der Waals surface area contributed by atoms with Crippen LogP contribution in [0.15, 0.2) is 48.5 Å². The van der Waals surface area contributed by atoms with Crippen LogP contribution in [0.3, 0.4) is 0 Å². The molecule has 0 radical (unpaired) electrons. The second-order valence-electron chi connectivity index (χ2n) is 4.82. The van der Waals surface area contributed by atoms with E-state index in [0.717, 1.165) is 27.8 Å². The monoisotopic (exact) mass is 300 g/mol. The Morgan fingerprint density at radius 3 is 2.57 bits per heavy atom. The number of nitrogen functional groups attached to an aromatic ring is 1. The summed E-state index contributed by atoms with van der Waals surface area (Å²) in [7, 11) is 1.66. The molecule has 3 nitrogen and oxygen atoms in total. The van der Waals surface area contributed by atoms with E-state index in [4.69, 9.17) is 10.5 Å². The van der Waals surface area contributed by atoms with Gasteiger partial charge in [-0.05, 0) is 30.5 Å². The highest BCUT2D eigenvalue weighted by atomic mass is 35.5. The number of rotatable bonds is 2. The second kappa shape index (κ2) is 6.02. The maximum Gasteiger partial charge on any atom is 0.131 e. The molecule has 4 heteroatoms. The molecule has 1 heterocycles. The molecule has 21 heavy (non-hydrogen) atoms. The molecule has 0 aliphatic heterocycles. The first-order valence-corrected chi connectivity index (χ1v) is 6.49. The van der Waals surface area contributed by atoms with Gasteiger partial charge in [0.25, 0.3) is 0 Å². The van der Waals surface area contributed by atoms with Crippen molar-refractivity contribution in [2.24, 2.45) is 0 Å². The van der Waals surface area contributed by atoms with Crippen LogP contribution in [-0.4, -0.2) is 12.1 Å². The number of nitrogens with two attached hydrogens (primary N) is 1. The minimum atomic E-state index is 0. The fraction of sp³-hybridized carbons (Fsp3) is 0.118. The third-order valence-electron chi connectivity index (χ3n) is 3.40. The summed E-state index contributed by atoms with van der Waals surface area (Å²) < 4.78 is 5.39. The molecule has 0 saturated carbocycles. The van der Waals surface area contributed by atoms with E-state index in [9.17, 15) is 0 Å². The lowest BCUT2D eigenvalue weighted by Gasteiger charge is -2.10. The Hall–Kier alpha value is -2.26. The Morgan fingerprint density at radius 2 is 1.81 bits per heavy atom. The molecule has 2 N–H and O–H groups in total. The molecule has 3 aromatic rings. The molecule has 1 aromatic heterocycles. The predicted octanol–water partition coefficient (Wildman–Crippen LogP) is 4.22. The van der Waals surface area contributed by atoms with Crippen molar-refractivity contribution in [3.05, 3.63) is 54.1 Å². The molecular formula is C17H17ClN2O. The maximum absolute atomic E-state index is 6.08. The minimum absolute atomic E-state index is 0. The van der Waals surface area contributed by atoms with Gasteiger partial charge in [0.2, 0.25) is 0 Å². The molecule has 0 aliphatic carbocycles. The van der Waals surface area contributed by atoms with Gasteiger partial charge in [-0.3, -0.25) is 0 Å². The van der Waals surface area contributed by atoms with Crippen molar-refractivity contribution in [1.82, 2.24) is 4.98 Å². The van der Waals surface area contributed by atoms with E-state index in [2.05, 4.69) is 24.0 Å². The van der Waals surface area contributed by atoms with Gasteiger partial charge in [-0.2, -0.15) is 0 Å². The molecule has 108 valence electrons. The third kappa shape index (κ3) is 2.78. The largest absolute Gasteiger partial charge is 0.496 e. The van der Waals surface area contributed by atoms with Gasteiger partial charge in [0.15, 0.2) is 0 Å². The summed E-state index contributed by atoms with van der Waals surface area (Å²) in [5, 5.41) is 2.08. The van der Waals surface area contributed by atoms with Crippen LogP contribution in [0, 0.1) is 6.92 Å². The molecule has 3 rings (SSSR count). The number of ether oxygens (including phenoxy) is 1. The van der Waals surface area contributed by atoms with Gasteiger partial charge in [-0.25, -0.2) is 4.98 Å². The first kappa shape index (κ1) is 15.1. The number of benzene rings is 2. The van der Waals surface area contributed by atoms with Crippen LogP contribution in [0.2, 0.25) is 0 Å². The number of halogens is 1. The van der Waals surface area contributed by atoms with Gasteiger partial charge in [0, 0.05) is 10.9 Å². The fourth-order valence-corrected chi connectivity index (χ4v) is 2.40. The summed E-state index contributed by atoms with van der Waals surface area (Å²) >= 11 is 0. The highest BCUT2D eigenvalue weighted by Gasteiger charge is 2.09. The third-order valence-corrected chi connectivity index (χ3v) is 3.40. The predicted molar refractivity (Wildman–Crippen MR) is 90.1 cm³/mol. The number of pyridine rings is 1. The smallest absolute Gasteiger partial charge is 0.131 e. The van der Waals surface area contributed by atoms with Crippen molar-refractivity contribution in [1.29, 1.82) is 0 Å². The summed E-state index contributed by atoms with van der Waals surface area (Å²) in [6, 6.07) is 16.0. The van der Waals surface area contributed by atoms with Crippen LogP contribution >= 0.6 is 12.4 Å². The Bertz CT molecular complexity index is 787. The lowest BCUT2D eigenvalue weighted by molar-refractivity contribution is 0.416. The summed E-state index contributed by atoms with van der Waals surface area (Å²) in [4.78, 5) is 4.51. The topological polar surface area (TPSA) is 48.1 Å². The molecule has 0 aliphatic rings. The van der Waals surface area contributed by atoms with E-state index in [1.54, 1.807) is 7.11 Å². The highest BCUT2D eigenvalue weighted by Crippen LogP contribution is 2.32. The summed E-state index contributed by atoms with van der Waals surface area (Å²) in [6.45, 7) is 2.07. The SMILES string of the molecule is COc1ccccc1-c1cc2cc(C)ccc2c(N)n1.Cl. The van der Waals surface area contributed by atoms with Gasteiger partial charge < -0.3 is 10.5 Å². The van der Waals surface area contributed by atoms with Crippen molar-refractivity contribution >= 4 is 29.0 Å². The average Bonchev–Trinajstić information content (AvgIpc) is 2.46. The second-order valence-corrected chi connectivity index (χ2v) is 4.82. The average molecular weight is 301 g/mol. The van der Waals surface area contributed by atoms with Crippen molar-refractivity contribution in [2.45, 2.75) is 6.92 Å². The molecule has 0 bridgehead atoms. The zero-order valence-electron chi connectivity index (χ0n) is 12.0. The van der Waals surface area contributed by atoms with Gasteiger partial charge >= 0.3 is 0 Å². The number of hydrogen-bond acceptors (Lipinski definition) is 3. The van der Waals surface area contributed by atoms with Crippen LogP contribution in [0.5, 0.6) is 5.75 Å². The van der Waals surface area contributed by atoms with E-state index in [1.165, 1.54) is 5.56 Å². The molecule has 0 unspecified atom stereocenters. The number of nitrogens with zero attached hydrogens (tertiary/aromatic N) is 1. The summed E-state index contributed by atoms with van der Waals surface area (Å²) in [6.07, 6.45) is 0. The highest BCUT2D eigenvalue weighted by molar-refractivity contribution is 5.94. The maximum atomic E-state index is 6.08. The number of para-hydroxylation sites is 1. The Labute approximate surface area is 130 Å². The minimum Gasteiger partial charge on any atom is -0.496 e. The molecule has 2 aromatic carbocycles. The van der Waals surface area contributed by atoms with Gasteiger partial charge in [-0.1, -0.05) is 35.9 Å². The van der Waals surface area contributed by atoms with E-state index < -0.39 is 0 Å². The quantitative estimate of drug-likeness (QED) is 0.770. The zero-order valence-corrected chi connectivity index (χ0v) is 12.8. The van der Waals surface area contributed by atoms with Crippen molar-refractivity contribution in [3.8, 4) is 17.0 Å². The molecule has 0 atom stereocenters. The first-order chi connectivity index (χ1) is 9.69. The molecular weight excluding hydrogens is 284 g/mol. The number of fused-ring (bicyclic) bond motifs is 1. The van der Waals surface area contributed by atoms with Gasteiger partial charge in [-0.15, -0.1) is 12.4 Å². The van der Waals surface area contributed by atoms with Crippen molar-refractivity contribution in [3.63, 3.8) is 0 Å². The van der Waals surface area contributed by atoms with Crippen LogP contribution in [0.1, 0.15) is 5.56 Å². The summed E-state index contributed by atoms with van der Waals surface area (Å²) in [5.74, 6) is 1.34. The molecule has 0 saturated heterocycles. The molecule has 0 spiro atoms. The normalized spacial score (nSPS) is 10.2. The zero-order chi connectivity index (χ0) is 14.1. The number of anilines is 1.